The highest BCUT2D eigenvalue weighted by molar-refractivity contribution is 5.79. The molecule has 2 rings (SSSR count). The van der Waals surface area contributed by atoms with Crippen molar-refractivity contribution in [1.29, 1.82) is 0 Å². The van der Waals surface area contributed by atoms with E-state index in [9.17, 15) is 15.0 Å². The number of nitrogens with zero attached hydrogens (tertiary/aromatic N) is 1. The molecule has 4 nitrogen and oxygen atoms in total. The molecule has 2 aliphatic rings. The third-order valence-electron chi connectivity index (χ3n) is 4.33. The number of piperidine rings is 1. The van der Waals surface area contributed by atoms with Gasteiger partial charge in [-0.25, -0.2) is 0 Å². The van der Waals surface area contributed by atoms with Crippen LogP contribution in [0.15, 0.2) is 0 Å². The van der Waals surface area contributed by atoms with Gasteiger partial charge in [0, 0.05) is 25.4 Å². The number of Topliss-reactive ketones (excluding diaryl/α,β-unsaturated/α-hetero) is 1. The fourth-order valence-corrected chi connectivity index (χ4v) is 3.08. The summed E-state index contributed by atoms with van der Waals surface area (Å²) in [5, 5.41) is 19.1. The first-order valence-corrected chi connectivity index (χ1v) is 6.64. The summed E-state index contributed by atoms with van der Waals surface area (Å²) >= 11 is 0. The Bertz CT molecular complexity index is 282. The molecule has 0 aromatic carbocycles. The van der Waals surface area contributed by atoms with Gasteiger partial charge >= 0.3 is 0 Å². The van der Waals surface area contributed by atoms with Crippen LogP contribution in [0.2, 0.25) is 0 Å². The second kappa shape index (κ2) is 5.46. The maximum Gasteiger partial charge on any atom is 0.135 e. The first kappa shape index (κ1) is 13.0. The van der Waals surface area contributed by atoms with Crippen molar-refractivity contribution in [3.8, 4) is 0 Å². The van der Waals surface area contributed by atoms with E-state index in [0.29, 0.717) is 43.4 Å². The summed E-state index contributed by atoms with van der Waals surface area (Å²) in [6.45, 7) is 0.862. The van der Waals surface area contributed by atoms with E-state index in [4.69, 9.17) is 0 Å². The molecule has 4 unspecified atom stereocenters. The lowest BCUT2D eigenvalue weighted by Crippen LogP contribution is -2.43. The van der Waals surface area contributed by atoms with Gasteiger partial charge < -0.3 is 15.1 Å². The van der Waals surface area contributed by atoms with Crippen molar-refractivity contribution in [3.63, 3.8) is 0 Å². The minimum absolute atomic E-state index is 0.337. The molecule has 0 aromatic rings. The highest BCUT2D eigenvalue weighted by Gasteiger charge is 2.32. The van der Waals surface area contributed by atoms with E-state index >= 15 is 0 Å². The lowest BCUT2D eigenvalue weighted by molar-refractivity contribution is -0.123. The molecule has 0 aromatic heterocycles. The average molecular weight is 241 g/mol. The van der Waals surface area contributed by atoms with Gasteiger partial charge in [-0.15, -0.1) is 0 Å². The molecule has 0 amide bonds. The zero-order valence-electron chi connectivity index (χ0n) is 10.5. The molecule has 1 aliphatic carbocycles. The van der Waals surface area contributed by atoms with Crippen molar-refractivity contribution in [2.75, 3.05) is 13.6 Å². The second-order valence-corrected chi connectivity index (χ2v) is 5.68. The number of aliphatic hydroxyl groups is 2. The number of rotatable bonds is 2. The number of ketones is 1. The molecule has 0 bridgehead atoms. The van der Waals surface area contributed by atoms with Gasteiger partial charge in [-0.1, -0.05) is 0 Å². The topological polar surface area (TPSA) is 60.8 Å². The van der Waals surface area contributed by atoms with E-state index in [1.54, 1.807) is 0 Å². The van der Waals surface area contributed by atoms with Crippen molar-refractivity contribution < 1.29 is 15.0 Å². The Labute approximate surface area is 103 Å². The quantitative estimate of drug-likeness (QED) is 0.741. The van der Waals surface area contributed by atoms with E-state index < -0.39 is 12.2 Å². The molecule has 4 atom stereocenters. The Morgan fingerprint density at radius 2 is 2.06 bits per heavy atom. The van der Waals surface area contributed by atoms with Crippen LogP contribution < -0.4 is 0 Å². The van der Waals surface area contributed by atoms with Gasteiger partial charge in [0.1, 0.15) is 5.78 Å². The summed E-state index contributed by atoms with van der Waals surface area (Å²) in [6.07, 6.45) is 3.54. The highest BCUT2D eigenvalue weighted by Crippen LogP contribution is 2.31. The summed E-state index contributed by atoms with van der Waals surface area (Å²) in [7, 11) is 2.07. The number of hydrogen-bond donors (Lipinski definition) is 2. The Hall–Kier alpha value is -0.450. The van der Waals surface area contributed by atoms with Crippen LogP contribution in [0.25, 0.3) is 0 Å². The summed E-state index contributed by atoms with van der Waals surface area (Å²) in [4.78, 5) is 13.7. The van der Waals surface area contributed by atoms with E-state index in [1.165, 1.54) is 0 Å². The molecule has 2 fully saturated rings. The SMILES string of the molecule is CN1CCC(=O)CC1CC1CCC(O)C(O)C1. The number of carbonyl (C=O) groups is 1. The van der Waals surface area contributed by atoms with Gasteiger partial charge in [-0.2, -0.15) is 0 Å². The first-order chi connectivity index (χ1) is 8.06. The maximum absolute atomic E-state index is 11.5. The van der Waals surface area contributed by atoms with Crippen molar-refractivity contribution in [2.24, 2.45) is 5.92 Å². The van der Waals surface area contributed by atoms with Gasteiger partial charge in [0.25, 0.3) is 0 Å². The summed E-state index contributed by atoms with van der Waals surface area (Å²) in [5.74, 6) is 0.816. The summed E-state index contributed by atoms with van der Waals surface area (Å²) in [6, 6.07) is 0.337. The Morgan fingerprint density at radius 1 is 1.29 bits per heavy atom. The van der Waals surface area contributed by atoms with Gasteiger partial charge in [-0.3, -0.25) is 4.79 Å². The van der Waals surface area contributed by atoms with Crippen LogP contribution in [0.4, 0.5) is 0 Å². The van der Waals surface area contributed by atoms with Crippen LogP contribution in [0.1, 0.15) is 38.5 Å². The first-order valence-electron chi connectivity index (χ1n) is 6.64. The highest BCUT2D eigenvalue weighted by atomic mass is 16.3. The fourth-order valence-electron chi connectivity index (χ4n) is 3.08. The summed E-state index contributed by atoms with van der Waals surface area (Å²) < 4.78 is 0. The Kier molecular flexibility index (Phi) is 4.17. The largest absolute Gasteiger partial charge is 0.390 e. The van der Waals surface area contributed by atoms with Crippen molar-refractivity contribution >= 4 is 5.78 Å². The van der Waals surface area contributed by atoms with Crippen molar-refractivity contribution in [3.05, 3.63) is 0 Å². The smallest absolute Gasteiger partial charge is 0.135 e. The van der Waals surface area contributed by atoms with Crippen molar-refractivity contribution in [1.82, 2.24) is 4.90 Å². The number of likely N-dealkylation sites (tertiary alicyclic amines) is 1. The third-order valence-corrected chi connectivity index (χ3v) is 4.33. The predicted molar refractivity (Wildman–Crippen MR) is 64.6 cm³/mol. The maximum atomic E-state index is 11.5. The Morgan fingerprint density at radius 3 is 2.76 bits per heavy atom. The van der Waals surface area contributed by atoms with E-state index in [1.807, 2.05) is 0 Å². The lowest BCUT2D eigenvalue weighted by atomic mass is 9.80. The minimum atomic E-state index is -0.571. The van der Waals surface area contributed by atoms with Gasteiger partial charge in [0.2, 0.25) is 0 Å². The van der Waals surface area contributed by atoms with Crippen LogP contribution in [-0.2, 0) is 4.79 Å². The number of carbonyl (C=O) groups excluding carboxylic acids is 1. The average Bonchev–Trinajstić information content (AvgIpc) is 2.29. The van der Waals surface area contributed by atoms with E-state index in [0.717, 1.165) is 19.4 Å². The van der Waals surface area contributed by atoms with E-state index in [-0.39, 0.29) is 0 Å². The molecule has 17 heavy (non-hydrogen) atoms. The van der Waals surface area contributed by atoms with E-state index in [2.05, 4.69) is 11.9 Å². The molecule has 1 aliphatic heterocycles. The normalized spacial score (nSPS) is 40.5. The molecular weight excluding hydrogens is 218 g/mol. The predicted octanol–water partition coefficient (Wildman–Crippen LogP) is 0.562. The van der Waals surface area contributed by atoms with Crippen LogP contribution >= 0.6 is 0 Å². The molecule has 98 valence electrons. The molecule has 1 heterocycles. The molecule has 1 saturated heterocycles. The lowest BCUT2D eigenvalue weighted by Gasteiger charge is -2.37. The molecular formula is C13H23NO3. The van der Waals surface area contributed by atoms with Crippen LogP contribution in [-0.4, -0.2) is 52.7 Å². The molecule has 1 saturated carbocycles. The molecule has 0 radical (unpaired) electrons. The third kappa shape index (κ3) is 3.27. The van der Waals surface area contributed by atoms with Crippen LogP contribution in [0, 0.1) is 5.92 Å². The van der Waals surface area contributed by atoms with Crippen LogP contribution in [0.3, 0.4) is 0 Å². The summed E-state index contributed by atoms with van der Waals surface area (Å²) in [5.41, 5.74) is 0. The Balaban J connectivity index is 1.85. The van der Waals surface area contributed by atoms with Crippen molar-refractivity contribution in [2.45, 2.75) is 56.8 Å². The van der Waals surface area contributed by atoms with Gasteiger partial charge in [-0.05, 0) is 38.6 Å². The van der Waals surface area contributed by atoms with Gasteiger partial charge in [0.15, 0.2) is 0 Å². The zero-order valence-corrected chi connectivity index (χ0v) is 10.5. The minimum Gasteiger partial charge on any atom is -0.390 e. The molecule has 2 N–H and O–H groups in total. The standard InChI is InChI=1S/C13H23NO3/c1-14-5-4-11(15)8-10(14)6-9-2-3-12(16)13(17)7-9/h9-10,12-13,16-17H,2-8H2,1H3. The zero-order chi connectivity index (χ0) is 12.4. The van der Waals surface area contributed by atoms with Gasteiger partial charge in [0.05, 0.1) is 12.2 Å². The number of aliphatic hydroxyl groups excluding tert-OH is 2. The molecule has 4 heteroatoms. The monoisotopic (exact) mass is 241 g/mol. The molecule has 0 spiro atoms. The fraction of sp³-hybridized carbons (Fsp3) is 0.923. The second-order valence-electron chi connectivity index (χ2n) is 5.68. The number of hydrogen-bond acceptors (Lipinski definition) is 4. The van der Waals surface area contributed by atoms with Crippen LogP contribution in [0.5, 0.6) is 0 Å².